The molecule has 2 fully saturated rings. The smallest absolute Gasteiger partial charge is 0.274 e. The van der Waals surface area contributed by atoms with Gasteiger partial charge in [-0.1, -0.05) is 36.2 Å². The van der Waals surface area contributed by atoms with Crippen LogP contribution in [0, 0.1) is 0 Å². The molecule has 2 saturated heterocycles. The fourth-order valence-corrected chi connectivity index (χ4v) is 6.60. The summed E-state index contributed by atoms with van der Waals surface area (Å²) < 4.78 is 0. The first-order valence-electron chi connectivity index (χ1n) is 13.6. The number of hydrogen-bond acceptors (Lipinski definition) is 10. The molecule has 41 heavy (non-hydrogen) atoms. The standard InChI is InChI=1S/C27H33Cl2N9O2S/c1-2-16-15-37(25-22(29)34-21(24(31)35-25)26(39)32-14-18-4-3-13-41-18)11-12-38(16)17-7-9-36(10-8-17)27(40)19-5-6-20(28)33-23(19)30/h3-6,13,16-17H,2,7-12,14-15H2,1H3,(H2,30,33)(H2,31,35)(H,32,39)/t16-/m0/s1. The van der Waals surface area contributed by atoms with Crippen molar-refractivity contribution in [3.63, 3.8) is 0 Å². The Bertz CT molecular complexity index is 1400. The number of nitrogens with one attached hydrogen (secondary N) is 1. The summed E-state index contributed by atoms with van der Waals surface area (Å²) in [5, 5.41) is 5.20. The summed E-state index contributed by atoms with van der Waals surface area (Å²) in [6.45, 7) is 6.06. The van der Waals surface area contributed by atoms with Crippen molar-refractivity contribution < 1.29 is 9.59 Å². The zero-order chi connectivity index (χ0) is 29.1. The van der Waals surface area contributed by atoms with Crippen molar-refractivity contribution in [2.24, 2.45) is 0 Å². The van der Waals surface area contributed by atoms with Crippen LogP contribution in [-0.2, 0) is 6.54 Å². The lowest BCUT2D eigenvalue weighted by atomic mass is 9.97. The van der Waals surface area contributed by atoms with Gasteiger partial charge in [0.25, 0.3) is 11.8 Å². The Morgan fingerprint density at radius 1 is 1.05 bits per heavy atom. The molecule has 0 aliphatic carbocycles. The number of rotatable bonds is 7. The van der Waals surface area contributed by atoms with Crippen LogP contribution in [0.2, 0.25) is 10.3 Å². The minimum absolute atomic E-state index is 0.0263. The number of anilines is 3. The van der Waals surface area contributed by atoms with Crippen molar-refractivity contribution in [3.8, 4) is 0 Å². The van der Waals surface area contributed by atoms with E-state index in [4.69, 9.17) is 34.7 Å². The van der Waals surface area contributed by atoms with E-state index >= 15 is 0 Å². The number of carbonyl (C=O) groups excluding carboxylic acids is 2. The maximum atomic E-state index is 13.0. The fraction of sp³-hybridized carbons (Fsp3) is 0.444. The number of thiophene rings is 1. The number of piperidine rings is 1. The second-order valence-electron chi connectivity index (χ2n) is 10.2. The van der Waals surface area contributed by atoms with Crippen LogP contribution in [0.5, 0.6) is 0 Å². The molecule has 2 aliphatic heterocycles. The van der Waals surface area contributed by atoms with E-state index in [2.05, 4.69) is 37.0 Å². The van der Waals surface area contributed by atoms with Crippen LogP contribution in [0.3, 0.4) is 0 Å². The number of aromatic nitrogens is 3. The lowest BCUT2D eigenvalue weighted by Gasteiger charge is -2.47. The van der Waals surface area contributed by atoms with Gasteiger partial charge in [-0.2, -0.15) is 0 Å². The van der Waals surface area contributed by atoms with Crippen molar-refractivity contribution in [1.82, 2.24) is 30.1 Å². The molecule has 0 aromatic carbocycles. The molecule has 3 aromatic heterocycles. The van der Waals surface area contributed by atoms with Crippen molar-refractivity contribution in [2.45, 2.75) is 44.8 Å². The number of likely N-dealkylation sites (tertiary alicyclic amines) is 1. The summed E-state index contributed by atoms with van der Waals surface area (Å²) >= 11 is 14.0. The van der Waals surface area contributed by atoms with Crippen LogP contribution in [0.1, 0.15) is 51.9 Å². The number of halogens is 2. The normalized spacial score (nSPS) is 18.5. The van der Waals surface area contributed by atoms with Crippen molar-refractivity contribution >= 4 is 63.8 Å². The maximum Gasteiger partial charge on any atom is 0.274 e. The average Bonchev–Trinajstić information content (AvgIpc) is 3.50. The topological polar surface area (TPSA) is 147 Å². The van der Waals surface area contributed by atoms with Gasteiger partial charge in [-0.3, -0.25) is 14.5 Å². The molecule has 14 heteroatoms. The molecule has 11 nitrogen and oxygen atoms in total. The Kier molecular flexibility index (Phi) is 9.12. The van der Waals surface area contributed by atoms with Crippen LogP contribution < -0.4 is 21.7 Å². The second-order valence-corrected chi connectivity index (χ2v) is 11.9. The highest BCUT2D eigenvalue weighted by Gasteiger charge is 2.35. The molecule has 0 unspecified atom stereocenters. The van der Waals surface area contributed by atoms with Gasteiger partial charge in [0.05, 0.1) is 12.1 Å². The zero-order valence-corrected chi connectivity index (χ0v) is 25.1. The molecular formula is C27H33Cl2N9O2S. The summed E-state index contributed by atoms with van der Waals surface area (Å²) in [6, 6.07) is 7.71. The highest BCUT2D eigenvalue weighted by Crippen LogP contribution is 2.30. The summed E-state index contributed by atoms with van der Waals surface area (Å²) in [5.74, 6) is 0.175. The third kappa shape index (κ3) is 6.50. The Hall–Kier alpha value is -3.19. The van der Waals surface area contributed by atoms with Crippen LogP contribution in [0.4, 0.5) is 17.5 Å². The maximum absolute atomic E-state index is 13.0. The second kappa shape index (κ2) is 12.8. The van der Waals surface area contributed by atoms with E-state index in [1.807, 2.05) is 22.4 Å². The zero-order valence-electron chi connectivity index (χ0n) is 22.7. The SMILES string of the molecule is CC[C@H]1CN(c2nc(N)c(C(=O)NCc3cccs3)nc2Cl)CCN1C1CCN(C(=O)c2ccc(Cl)nc2N)CC1. The highest BCUT2D eigenvalue weighted by atomic mass is 35.5. The number of nitrogens with zero attached hydrogens (tertiary/aromatic N) is 6. The molecule has 0 saturated carbocycles. The van der Waals surface area contributed by atoms with Gasteiger partial charge in [-0.15, -0.1) is 11.3 Å². The first-order chi connectivity index (χ1) is 19.7. The first kappa shape index (κ1) is 29.3. The molecule has 5 heterocycles. The number of carbonyl (C=O) groups is 2. The molecular weight excluding hydrogens is 585 g/mol. The van der Waals surface area contributed by atoms with Gasteiger partial charge < -0.3 is 26.6 Å². The van der Waals surface area contributed by atoms with E-state index in [1.54, 1.807) is 23.5 Å². The van der Waals surface area contributed by atoms with Crippen LogP contribution in [-0.4, -0.2) is 81.4 Å². The summed E-state index contributed by atoms with van der Waals surface area (Å²) in [5.41, 5.74) is 12.5. The summed E-state index contributed by atoms with van der Waals surface area (Å²) in [6.07, 6.45) is 2.67. The van der Waals surface area contributed by atoms with E-state index in [9.17, 15) is 9.59 Å². The summed E-state index contributed by atoms with van der Waals surface area (Å²) in [4.78, 5) is 46.1. The first-order valence-corrected chi connectivity index (χ1v) is 15.2. The lowest BCUT2D eigenvalue weighted by molar-refractivity contribution is 0.0491. The molecule has 0 spiro atoms. The molecule has 1 atom stereocenters. The number of hydrogen-bond donors (Lipinski definition) is 3. The lowest BCUT2D eigenvalue weighted by Crippen LogP contribution is -2.58. The van der Waals surface area contributed by atoms with Crippen LogP contribution >= 0.6 is 34.5 Å². The molecule has 2 amide bonds. The van der Waals surface area contributed by atoms with Gasteiger partial charge in [-0.25, -0.2) is 15.0 Å². The Balaban J connectivity index is 1.19. The van der Waals surface area contributed by atoms with Gasteiger partial charge in [0.2, 0.25) is 0 Å². The molecule has 5 rings (SSSR count). The number of nitrogen functional groups attached to an aromatic ring is 2. The molecule has 218 valence electrons. The Labute approximate surface area is 252 Å². The van der Waals surface area contributed by atoms with Gasteiger partial charge in [0.1, 0.15) is 11.0 Å². The van der Waals surface area contributed by atoms with Gasteiger partial charge in [0.15, 0.2) is 22.5 Å². The summed E-state index contributed by atoms with van der Waals surface area (Å²) in [7, 11) is 0. The molecule has 0 bridgehead atoms. The highest BCUT2D eigenvalue weighted by molar-refractivity contribution is 7.09. The minimum Gasteiger partial charge on any atom is -0.383 e. The number of pyridine rings is 1. The average molecular weight is 619 g/mol. The minimum atomic E-state index is -0.409. The predicted octanol–water partition coefficient (Wildman–Crippen LogP) is 3.54. The fourth-order valence-electron chi connectivity index (χ4n) is 5.56. The number of piperazine rings is 1. The largest absolute Gasteiger partial charge is 0.383 e. The van der Waals surface area contributed by atoms with Crippen LogP contribution in [0.25, 0.3) is 0 Å². The Morgan fingerprint density at radius 3 is 2.51 bits per heavy atom. The molecule has 5 N–H and O–H groups in total. The Morgan fingerprint density at radius 2 is 1.83 bits per heavy atom. The molecule has 2 aliphatic rings. The van der Waals surface area contributed by atoms with Gasteiger partial charge in [0, 0.05) is 49.7 Å². The van der Waals surface area contributed by atoms with Gasteiger partial charge in [-0.05, 0) is 42.8 Å². The van der Waals surface area contributed by atoms with Crippen LogP contribution in [0.15, 0.2) is 29.6 Å². The van der Waals surface area contributed by atoms with E-state index in [-0.39, 0.29) is 39.6 Å². The third-order valence-corrected chi connectivity index (χ3v) is 9.06. The number of nitrogens with two attached hydrogens (primary N) is 2. The van der Waals surface area contributed by atoms with E-state index < -0.39 is 5.91 Å². The van der Waals surface area contributed by atoms with Crippen molar-refractivity contribution in [2.75, 3.05) is 49.1 Å². The third-order valence-electron chi connectivity index (χ3n) is 7.72. The van der Waals surface area contributed by atoms with E-state index in [1.165, 1.54) is 0 Å². The molecule has 0 radical (unpaired) electrons. The van der Waals surface area contributed by atoms with Gasteiger partial charge >= 0.3 is 0 Å². The van der Waals surface area contributed by atoms with E-state index in [0.717, 1.165) is 30.7 Å². The van der Waals surface area contributed by atoms with Crippen molar-refractivity contribution in [3.05, 3.63) is 56.1 Å². The quantitative estimate of drug-likeness (QED) is 0.339. The van der Waals surface area contributed by atoms with E-state index in [0.29, 0.717) is 50.1 Å². The number of amides is 2. The van der Waals surface area contributed by atoms with Crippen molar-refractivity contribution in [1.29, 1.82) is 0 Å². The molecule has 3 aromatic rings. The predicted molar refractivity (Wildman–Crippen MR) is 163 cm³/mol. The monoisotopic (exact) mass is 617 g/mol.